The van der Waals surface area contributed by atoms with E-state index in [0.717, 1.165) is 37.0 Å². The quantitative estimate of drug-likeness (QED) is 0.761. The van der Waals surface area contributed by atoms with E-state index in [2.05, 4.69) is 12.2 Å². The Morgan fingerprint density at radius 1 is 0.967 bits per heavy atom. The molecule has 1 aliphatic heterocycles. The summed E-state index contributed by atoms with van der Waals surface area (Å²) in [6, 6.07) is 6.68. The molecule has 0 unspecified atom stereocenters. The lowest BCUT2D eigenvalue weighted by Gasteiger charge is -2.59. The minimum atomic E-state index is -3.46. The summed E-state index contributed by atoms with van der Waals surface area (Å²) < 4.78 is 27.2. The lowest BCUT2D eigenvalue weighted by atomic mass is 9.48. The van der Waals surface area contributed by atoms with Crippen molar-refractivity contribution < 1.29 is 13.2 Å². The van der Waals surface area contributed by atoms with E-state index < -0.39 is 10.0 Å². The van der Waals surface area contributed by atoms with E-state index in [-0.39, 0.29) is 22.3 Å². The molecule has 0 radical (unpaired) electrons. The van der Waals surface area contributed by atoms with Crippen LogP contribution in [0.4, 0.5) is 0 Å². The van der Waals surface area contributed by atoms with Gasteiger partial charge in [0.15, 0.2) is 0 Å². The Labute approximate surface area is 180 Å². The molecular weight excluding hydrogens is 396 g/mol. The first-order valence-electron chi connectivity index (χ1n) is 11.8. The zero-order valence-corrected chi connectivity index (χ0v) is 18.8. The molecular formula is C24H34N2O3S. The summed E-state index contributed by atoms with van der Waals surface area (Å²) in [4.78, 5) is 13.2. The molecule has 30 heavy (non-hydrogen) atoms. The molecule has 4 bridgehead atoms. The minimum absolute atomic E-state index is 0.0832. The van der Waals surface area contributed by atoms with Gasteiger partial charge < -0.3 is 5.32 Å². The molecule has 0 aromatic heterocycles. The van der Waals surface area contributed by atoms with Gasteiger partial charge in [-0.1, -0.05) is 6.42 Å². The third kappa shape index (κ3) is 3.60. The highest BCUT2D eigenvalue weighted by Crippen LogP contribution is 2.61. The van der Waals surface area contributed by atoms with Gasteiger partial charge in [0, 0.05) is 24.7 Å². The predicted octanol–water partition coefficient (Wildman–Crippen LogP) is 4.20. The summed E-state index contributed by atoms with van der Waals surface area (Å²) in [6.45, 7) is 3.36. The van der Waals surface area contributed by atoms with Crippen LogP contribution in [0.1, 0.15) is 75.1 Å². The van der Waals surface area contributed by atoms with Gasteiger partial charge in [-0.05, 0) is 106 Å². The first-order valence-corrected chi connectivity index (χ1v) is 13.2. The normalized spacial score (nSPS) is 34.6. The zero-order valence-electron chi connectivity index (χ0n) is 18.0. The fraction of sp³-hybridized carbons (Fsp3) is 0.708. The van der Waals surface area contributed by atoms with Crippen molar-refractivity contribution in [1.82, 2.24) is 9.62 Å². The number of piperidine rings is 1. The summed E-state index contributed by atoms with van der Waals surface area (Å²) >= 11 is 0. The maximum atomic E-state index is 12.9. The standard InChI is InChI=1S/C24H34N2O3S/c1-17(24-14-18-11-19(15-24)13-20(12-18)16-24)25-23(27)21-5-7-22(8-6-21)30(28,29)26-9-3-2-4-10-26/h5-8,17-20H,2-4,9-16H2,1H3,(H,25,27)/t17-,18?,19?,20?,24?/m0/s1. The lowest BCUT2D eigenvalue weighted by molar-refractivity contribution is -0.0688. The molecule has 4 aliphatic carbocycles. The number of sulfonamides is 1. The Bertz CT molecular complexity index is 868. The highest BCUT2D eigenvalue weighted by Gasteiger charge is 2.53. The summed E-state index contributed by atoms with van der Waals surface area (Å²) in [5.74, 6) is 2.49. The third-order valence-electron chi connectivity index (χ3n) is 8.42. The second-order valence-electron chi connectivity index (χ2n) is 10.5. The molecule has 1 N–H and O–H groups in total. The number of nitrogens with zero attached hydrogens (tertiary/aromatic N) is 1. The van der Waals surface area contributed by atoms with Crippen molar-refractivity contribution >= 4 is 15.9 Å². The maximum absolute atomic E-state index is 12.9. The first-order chi connectivity index (χ1) is 14.4. The second kappa shape index (κ2) is 7.63. The number of nitrogens with one attached hydrogen (secondary N) is 1. The van der Waals surface area contributed by atoms with E-state index in [1.165, 1.54) is 38.5 Å². The van der Waals surface area contributed by atoms with Crippen molar-refractivity contribution in [2.24, 2.45) is 23.2 Å². The summed E-state index contributed by atoms with van der Waals surface area (Å²) in [5.41, 5.74) is 0.811. The van der Waals surface area contributed by atoms with Crippen LogP contribution in [0.5, 0.6) is 0 Å². The molecule has 1 aromatic carbocycles. The van der Waals surface area contributed by atoms with Crippen LogP contribution >= 0.6 is 0 Å². The van der Waals surface area contributed by atoms with Crippen LogP contribution in [-0.2, 0) is 10.0 Å². The van der Waals surface area contributed by atoms with Gasteiger partial charge in [0.05, 0.1) is 4.90 Å². The molecule has 6 heteroatoms. The van der Waals surface area contributed by atoms with Gasteiger partial charge in [-0.25, -0.2) is 8.42 Å². The predicted molar refractivity (Wildman–Crippen MR) is 117 cm³/mol. The van der Waals surface area contributed by atoms with Crippen molar-refractivity contribution in [2.75, 3.05) is 13.1 Å². The van der Waals surface area contributed by atoms with Crippen LogP contribution in [0.2, 0.25) is 0 Å². The molecule has 1 amide bonds. The van der Waals surface area contributed by atoms with Crippen molar-refractivity contribution in [2.45, 2.75) is 75.6 Å². The van der Waals surface area contributed by atoms with Gasteiger partial charge in [0.1, 0.15) is 0 Å². The SMILES string of the molecule is C[C@H](NC(=O)c1ccc(S(=O)(=O)N2CCCCC2)cc1)C12CC3CC(CC(C3)C1)C2. The fourth-order valence-electron chi connectivity index (χ4n) is 7.17. The Balaban J connectivity index is 1.27. The average molecular weight is 431 g/mol. The van der Waals surface area contributed by atoms with Crippen molar-refractivity contribution in [3.8, 4) is 0 Å². The smallest absolute Gasteiger partial charge is 0.251 e. The molecule has 1 heterocycles. The number of rotatable bonds is 5. The summed E-state index contributed by atoms with van der Waals surface area (Å²) in [7, 11) is -3.46. The zero-order chi connectivity index (χ0) is 20.9. The number of carbonyl (C=O) groups excluding carboxylic acids is 1. The monoisotopic (exact) mass is 430 g/mol. The number of hydrogen-bond donors (Lipinski definition) is 1. The summed E-state index contributed by atoms with van der Waals surface area (Å²) in [6.07, 6.45) is 10.9. The van der Waals surface area contributed by atoms with Gasteiger partial charge in [-0.2, -0.15) is 4.31 Å². The van der Waals surface area contributed by atoms with Crippen LogP contribution in [0.15, 0.2) is 29.2 Å². The number of amides is 1. The van der Waals surface area contributed by atoms with Gasteiger partial charge in [-0.15, -0.1) is 0 Å². The second-order valence-corrected chi connectivity index (χ2v) is 12.4. The molecule has 6 rings (SSSR count). The van der Waals surface area contributed by atoms with Gasteiger partial charge in [0.25, 0.3) is 5.91 Å². The van der Waals surface area contributed by atoms with Crippen LogP contribution in [0, 0.1) is 23.2 Å². The summed E-state index contributed by atoms with van der Waals surface area (Å²) in [5, 5.41) is 3.28. The molecule has 0 spiro atoms. The largest absolute Gasteiger partial charge is 0.349 e. The molecule has 164 valence electrons. The molecule has 4 saturated carbocycles. The number of benzene rings is 1. The number of hydrogen-bond acceptors (Lipinski definition) is 3. The Morgan fingerprint density at radius 3 is 2.03 bits per heavy atom. The first kappa shape index (κ1) is 20.5. The number of carbonyl (C=O) groups is 1. The molecule has 5 fully saturated rings. The van der Waals surface area contributed by atoms with Crippen molar-refractivity contribution in [3.05, 3.63) is 29.8 Å². The van der Waals surface area contributed by atoms with E-state index in [0.29, 0.717) is 18.7 Å². The molecule has 5 aliphatic rings. The van der Waals surface area contributed by atoms with Crippen LogP contribution < -0.4 is 5.32 Å². The van der Waals surface area contributed by atoms with E-state index in [4.69, 9.17) is 0 Å². The highest BCUT2D eigenvalue weighted by molar-refractivity contribution is 7.89. The van der Waals surface area contributed by atoms with Crippen LogP contribution in [-0.4, -0.2) is 37.8 Å². The van der Waals surface area contributed by atoms with Crippen molar-refractivity contribution in [3.63, 3.8) is 0 Å². The van der Waals surface area contributed by atoms with Crippen LogP contribution in [0.3, 0.4) is 0 Å². The van der Waals surface area contributed by atoms with E-state index in [9.17, 15) is 13.2 Å². The topological polar surface area (TPSA) is 66.5 Å². The Kier molecular flexibility index (Phi) is 5.21. The Hall–Kier alpha value is -1.40. The molecule has 5 nitrogen and oxygen atoms in total. The highest BCUT2D eigenvalue weighted by atomic mass is 32.2. The van der Waals surface area contributed by atoms with E-state index in [1.807, 2.05) is 0 Å². The minimum Gasteiger partial charge on any atom is -0.349 e. The average Bonchev–Trinajstić information content (AvgIpc) is 2.73. The molecule has 1 aromatic rings. The van der Waals surface area contributed by atoms with Crippen LogP contribution in [0.25, 0.3) is 0 Å². The van der Waals surface area contributed by atoms with Gasteiger partial charge in [0.2, 0.25) is 10.0 Å². The Morgan fingerprint density at radius 2 is 1.50 bits per heavy atom. The maximum Gasteiger partial charge on any atom is 0.251 e. The van der Waals surface area contributed by atoms with E-state index >= 15 is 0 Å². The third-order valence-corrected chi connectivity index (χ3v) is 10.3. The molecule has 1 atom stereocenters. The lowest BCUT2D eigenvalue weighted by Crippen LogP contribution is -2.55. The van der Waals surface area contributed by atoms with Crippen molar-refractivity contribution in [1.29, 1.82) is 0 Å². The molecule has 1 saturated heterocycles. The van der Waals surface area contributed by atoms with Gasteiger partial charge in [-0.3, -0.25) is 4.79 Å². The fourth-order valence-corrected chi connectivity index (χ4v) is 8.69. The van der Waals surface area contributed by atoms with E-state index in [1.54, 1.807) is 28.6 Å². The van der Waals surface area contributed by atoms with Gasteiger partial charge >= 0.3 is 0 Å².